The summed E-state index contributed by atoms with van der Waals surface area (Å²) in [5, 5.41) is 3.44. The highest BCUT2D eigenvalue weighted by molar-refractivity contribution is 5.49. The van der Waals surface area contributed by atoms with E-state index < -0.39 is 0 Å². The van der Waals surface area contributed by atoms with Crippen LogP contribution in [-0.4, -0.2) is 31.9 Å². The van der Waals surface area contributed by atoms with Crippen LogP contribution in [0.15, 0.2) is 24.3 Å². The van der Waals surface area contributed by atoms with Crippen molar-refractivity contribution >= 4 is 5.69 Å². The topological polar surface area (TPSA) is 56.5 Å². The molecule has 1 heterocycles. The van der Waals surface area contributed by atoms with Gasteiger partial charge in [-0.3, -0.25) is 0 Å². The summed E-state index contributed by atoms with van der Waals surface area (Å²) in [6, 6.07) is 8.04. The Bertz CT molecular complexity index is 384. The molecule has 0 aliphatic carbocycles. The first-order chi connectivity index (χ1) is 8.72. The van der Waals surface area contributed by atoms with E-state index in [0.717, 1.165) is 24.3 Å². The van der Waals surface area contributed by atoms with Crippen LogP contribution < -0.4 is 15.8 Å². The fourth-order valence-electron chi connectivity index (χ4n) is 2.36. The molecule has 0 saturated carbocycles. The molecule has 1 aliphatic heterocycles. The number of ether oxygens (including phenoxy) is 2. The fourth-order valence-corrected chi connectivity index (χ4v) is 2.36. The lowest BCUT2D eigenvalue weighted by molar-refractivity contribution is 0.0460. The van der Waals surface area contributed by atoms with Crippen molar-refractivity contribution in [3.05, 3.63) is 24.3 Å². The highest BCUT2D eigenvalue weighted by Crippen LogP contribution is 2.24. The summed E-state index contributed by atoms with van der Waals surface area (Å²) in [7, 11) is 1.67. The molecule has 4 nitrogen and oxygen atoms in total. The van der Waals surface area contributed by atoms with Gasteiger partial charge in [-0.05, 0) is 31.9 Å². The van der Waals surface area contributed by atoms with Crippen molar-refractivity contribution in [2.24, 2.45) is 5.73 Å². The summed E-state index contributed by atoms with van der Waals surface area (Å²) in [6.07, 6.45) is 2.73. The molecule has 18 heavy (non-hydrogen) atoms. The Labute approximate surface area is 108 Å². The molecule has 2 rings (SSSR count). The Morgan fingerprint density at radius 2 is 2.33 bits per heavy atom. The highest BCUT2D eigenvalue weighted by atomic mass is 16.5. The minimum absolute atomic E-state index is 0.155. The quantitative estimate of drug-likeness (QED) is 0.839. The lowest BCUT2D eigenvalue weighted by Crippen LogP contribution is -2.40. The van der Waals surface area contributed by atoms with E-state index in [4.69, 9.17) is 15.2 Å². The molecule has 1 fully saturated rings. The molecule has 0 aromatic heterocycles. The molecule has 0 bridgehead atoms. The van der Waals surface area contributed by atoms with Gasteiger partial charge in [-0.1, -0.05) is 6.07 Å². The van der Waals surface area contributed by atoms with E-state index in [1.54, 1.807) is 7.11 Å². The number of methoxy groups -OCH3 is 1. The Kier molecular flexibility index (Phi) is 4.44. The average Bonchev–Trinajstić information content (AvgIpc) is 2.82. The van der Waals surface area contributed by atoms with Crippen molar-refractivity contribution in [3.8, 4) is 5.75 Å². The Hall–Kier alpha value is -1.26. The molecule has 100 valence electrons. The van der Waals surface area contributed by atoms with Crippen LogP contribution in [0.1, 0.15) is 19.8 Å². The van der Waals surface area contributed by atoms with Gasteiger partial charge in [0, 0.05) is 18.3 Å². The van der Waals surface area contributed by atoms with Gasteiger partial charge >= 0.3 is 0 Å². The number of anilines is 1. The third kappa shape index (κ3) is 3.15. The molecule has 0 spiro atoms. The Morgan fingerprint density at radius 1 is 1.50 bits per heavy atom. The first-order valence-electron chi connectivity index (χ1n) is 6.49. The molecule has 1 aliphatic rings. The minimum atomic E-state index is 0.155. The maximum atomic E-state index is 5.87. The van der Waals surface area contributed by atoms with Crippen molar-refractivity contribution < 1.29 is 9.47 Å². The lowest BCUT2D eigenvalue weighted by Gasteiger charge is -2.24. The third-order valence-electron chi connectivity index (χ3n) is 3.39. The van der Waals surface area contributed by atoms with Crippen LogP contribution in [0, 0.1) is 0 Å². The summed E-state index contributed by atoms with van der Waals surface area (Å²) in [4.78, 5) is 0. The predicted octanol–water partition coefficient (Wildman–Crippen LogP) is 2.00. The van der Waals surface area contributed by atoms with E-state index in [1.807, 2.05) is 24.3 Å². The zero-order valence-corrected chi connectivity index (χ0v) is 11.1. The summed E-state index contributed by atoms with van der Waals surface area (Å²) in [5.74, 6) is 0.844. The molecular weight excluding hydrogens is 228 g/mol. The maximum Gasteiger partial charge on any atom is 0.120 e. The van der Waals surface area contributed by atoms with Crippen LogP contribution in [0.2, 0.25) is 0 Å². The van der Waals surface area contributed by atoms with Crippen LogP contribution >= 0.6 is 0 Å². The molecule has 1 aromatic carbocycles. The van der Waals surface area contributed by atoms with Crippen molar-refractivity contribution in [2.45, 2.75) is 38.0 Å². The lowest BCUT2D eigenvalue weighted by atomic mass is 10.1. The molecule has 3 atom stereocenters. The van der Waals surface area contributed by atoms with Crippen LogP contribution in [-0.2, 0) is 4.74 Å². The minimum Gasteiger partial charge on any atom is -0.497 e. The second-order valence-corrected chi connectivity index (χ2v) is 4.78. The van der Waals surface area contributed by atoms with Gasteiger partial charge in [0.25, 0.3) is 0 Å². The molecule has 0 radical (unpaired) electrons. The number of nitrogens with one attached hydrogen (secondary N) is 1. The van der Waals surface area contributed by atoms with Gasteiger partial charge in [-0.25, -0.2) is 0 Å². The predicted molar refractivity (Wildman–Crippen MR) is 73.0 cm³/mol. The zero-order chi connectivity index (χ0) is 13.0. The molecule has 0 amide bonds. The Morgan fingerprint density at radius 3 is 2.94 bits per heavy atom. The number of nitrogens with two attached hydrogens (primary N) is 1. The molecule has 1 aromatic rings. The van der Waals surface area contributed by atoms with E-state index >= 15 is 0 Å². The SMILES string of the molecule is COc1cccc(NC(CN)C2CCC(C)O2)c1. The standard InChI is InChI=1S/C14H22N2O2/c1-10-6-7-14(18-10)13(9-15)16-11-4-3-5-12(8-11)17-2/h3-5,8,10,13-14,16H,6-7,9,15H2,1-2H3. The highest BCUT2D eigenvalue weighted by Gasteiger charge is 2.28. The van der Waals surface area contributed by atoms with E-state index in [-0.39, 0.29) is 12.1 Å². The maximum absolute atomic E-state index is 5.87. The molecule has 4 heteroatoms. The monoisotopic (exact) mass is 250 g/mol. The second-order valence-electron chi connectivity index (χ2n) is 4.78. The fraction of sp³-hybridized carbons (Fsp3) is 0.571. The largest absolute Gasteiger partial charge is 0.497 e. The van der Waals surface area contributed by atoms with E-state index in [9.17, 15) is 0 Å². The number of benzene rings is 1. The number of hydrogen-bond donors (Lipinski definition) is 2. The molecular formula is C14H22N2O2. The second kappa shape index (κ2) is 6.07. The zero-order valence-electron chi connectivity index (χ0n) is 11.1. The number of rotatable bonds is 5. The first-order valence-corrected chi connectivity index (χ1v) is 6.49. The van der Waals surface area contributed by atoms with Gasteiger partial charge in [0.05, 0.1) is 25.4 Å². The third-order valence-corrected chi connectivity index (χ3v) is 3.39. The molecule has 1 saturated heterocycles. The summed E-state index contributed by atoms with van der Waals surface area (Å²) >= 11 is 0. The van der Waals surface area contributed by atoms with Crippen LogP contribution in [0.25, 0.3) is 0 Å². The first kappa shape index (κ1) is 13.2. The Balaban J connectivity index is 2.01. The van der Waals surface area contributed by atoms with Gasteiger partial charge < -0.3 is 20.5 Å². The summed E-state index contributed by atoms with van der Waals surface area (Å²) in [6.45, 7) is 2.67. The van der Waals surface area contributed by atoms with Crippen LogP contribution in [0.4, 0.5) is 5.69 Å². The van der Waals surface area contributed by atoms with Gasteiger partial charge in [0.15, 0.2) is 0 Å². The average molecular weight is 250 g/mol. The van der Waals surface area contributed by atoms with E-state index in [0.29, 0.717) is 12.6 Å². The molecule has 3 unspecified atom stereocenters. The van der Waals surface area contributed by atoms with Crippen molar-refractivity contribution in [1.29, 1.82) is 0 Å². The van der Waals surface area contributed by atoms with Gasteiger partial charge in [0.2, 0.25) is 0 Å². The summed E-state index contributed by atoms with van der Waals surface area (Å²) in [5.41, 5.74) is 6.86. The number of hydrogen-bond acceptors (Lipinski definition) is 4. The van der Waals surface area contributed by atoms with Gasteiger partial charge in [-0.2, -0.15) is 0 Å². The van der Waals surface area contributed by atoms with Gasteiger partial charge in [0.1, 0.15) is 5.75 Å². The van der Waals surface area contributed by atoms with Crippen molar-refractivity contribution in [2.75, 3.05) is 19.0 Å². The van der Waals surface area contributed by atoms with Gasteiger partial charge in [-0.15, -0.1) is 0 Å². The van der Waals surface area contributed by atoms with Crippen molar-refractivity contribution in [1.82, 2.24) is 0 Å². The van der Waals surface area contributed by atoms with Crippen LogP contribution in [0.5, 0.6) is 5.75 Å². The van der Waals surface area contributed by atoms with Crippen molar-refractivity contribution in [3.63, 3.8) is 0 Å². The summed E-state index contributed by atoms with van der Waals surface area (Å²) < 4.78 is 11.1. The van der Waals surface area contributed by atoms with E-state index in [1.165, 1.54) is 0 Å². The van der Waals surface area contributed by atoms with E-state index in [2.05, 4.69) is 12.2 Å². The molecule has 3 N–H and O–H groups in total. The van der Waals surface area contributed by atoms with Crippen LogP contribution in [0.3, 0.4) is 0 Å². The smallest absolute Gasteiger partial charge is 0.120 e. The normalized spacial score (nSPS) is 24.8.